The highest BCUT2D eigenvalue weighted by Crippen LogP contribution is 2.22. The second-order valence-corrected chi connectivity index (χ2v) is 9.39. The predicted octanol–water partition coefficient (Wildman–Crippen LogP) is 2.00. The second kappa shape index (κ2) is 8.80. The molecule has 0 saturated carbocycles. The van der Waals surface area contributed by atoms with E-state index in [0.29, 0.717) is 30.4 Å². The molecule has 1 fully saturated rings. The maximum Gasteiger partial charge on any atom is 0.241 e. The van der Waals surface area contributed by atoms with Crippen LogP contribution in [0.4, 0.5) is 0 Å². The molecule has 148 valence electrons. The first-order valence-electron chi connectivity index (χ1n) is 9.23. The van der Waals surface area contributed by atoms with Crippen LogP contribution in [0.3, 0.4) is 0 Å². The van der Waals surface area contributed by atoms with E-state index in [1.807, 2.05) is 32.9 Å². The molecule has 1 aromatic rings. The zero-order valence-electron chi connectivity index (χ0n) is 16.4. The van der Waals surface area contributed by atoms with Crippen LogP contribution in [-0.4, -0.2) is 45.0 Å². The number of hydrogen-bond donors (Lipinski definition) is 3. The molecule has 0 aliphatic carbocycles. The van der Waals surface area contributed by atoms with Crippen LogP contribution in [-0.2, 0) is 14.8 Å². The summed E-state index contributed by atoms with van der Waals surface area (Å²) < 4.78 is 34.1. The Labute approximate surface area is 157 Å². The van der Waals surface area contributed by atoms with Gasteiger partial charge < -0.3 is 15.2 Å². The van der Waals surface area contributed by atoms with Crippen molar-refractivity contribution in [2.24, 2.45) is 5.92 Å². The minimum Gasteiger partial charge on any atom is -0.367 e. The van der Waals surface area contributed by atoms with E-state index in [-0.39, 0.29) is 12.1 Å². The number of sulfonamides is 1. The maximum atomic E-state index is 13.0. The fraction of sp³-hybridized carbons (Fsp3) is 0.684. The van der Waals surface area contributed by atoms with E-state index in [2.05, 4.69) is 23.9 Å². The van der Waals surface area contributed by atoms with Crippen LogP contribution in [0.5, 0.6) is 0 Å². The molecule has 1 saturated heterocycles. The molecule has 0 amide bonds. The molecule has 0 radical (unpaired) electrons. The van der Waals surface area contributed by atoms with E-state index < -0.39 is 16.3 Å². The molecule has 7 heteroatoms. The number of benzene rings is 1. The third-order valence-electron chi connectivity index (χ3n) is 4.64. The molecule has 0 spiro atoms. The van der Waals surface area contributed by atoms with Crippen LogP contribution in [0.1, 0.15) is 43.4 Å². The summed E-state index contributed by atoms with van der Waals surface area (Å²) in [6, 6.07) is 3.37. The van der Waals surface area contributed by atoms with Gasteiger partial charge in [-0.25, -0.2) is 13.1 Å². The van der Waals surface area contributed by atoms with Gasteiger partial charge in [-0.15, -0.1) is 0 Å². The molecule has 3 N–H and O–H groups in total. The molecule has 1 unspecified atom stereocenters. The largest absolute Gasteiger partial charge is 0.367 e. The Bertz CT molecular complexity index is 695. The predicted molar refractivity (Wildman–Crippen MR) is 103 cm³/mol. The van der Waals surface area contributed by atoms with E-state index in [1.54, 1.807) is 0 Å². The van der Waals surface area contributed by atoms with Crippen molar-refractivity contribution in [1.82, 2.24) is 10.0 Å². The molecule has 1 aromatic carbocycles. The molecule has 0 aromatic heterocycles. The average molecular weight is 385 g/mol. The Morgan fingerprint density at radius 2 is 1.85 bits per heavy atom. The molecule has 26 heavy (non-hydrogen) atoms. The normalized spacial score (nSPS) is 22.1. The summed E-state index contributed by atoms with van der Waals surface area (Å²) in [4.78, 5) is 0.362. The molecule has 2 rings (SSSR count). The minimum atomic E-state index is -3.63. The van der Waals surface area contributed by atoms with E-state index in [9.17, 15) is 13.5 Å². The highest BCUT2D eigenvalue weighted by atomic mass is 32.2. The van der Waals surface area contributed by atoms with Gasteiger partial charge in [-0.2, -0.15) is 0 Å². The van der Waals surface area contributed by atoms with E-state index in [0.717, 1.165) is 23.1 Å². The van der Waals surface area contributed by atoms with Crippen LogP contribution >= 0.6 is 0 Å². The number of nitrogens with one attached hydrogen (secondary N) is 2. The smallest absolute Gasteiger partial charge is 0.241 e. The van der Waals surface area contributed by atoms with E-state index in [1.165, 1.54) is 0 Å². The molecule has 1 aliphatic heterocycles. The van der Waals surface area contributed by atoms with Crippen LogP contribution in [0.2, 0.25) is 0 Å². The first-order chi connectivity index (χ1) is 12.1. The monoisotopic (exact) mass is 384 g/mol. The van der Waals surface area contributed by atoms with Gasteiger partial charge in [-0.05, 0) is 50.7 Å². The Hall–Kier alpha value is -0.990. The molecule has 6 nitrogen and oxygen atoms in total. The van der Waals surface area contributed by atoms with Crippen molar-refractivity contribution >= 4 is 10.0 Å². The van der Waals surface area contributed by atoms with Crippen LogP contribution < -0.4 is 10.0 Å². The summed E-state index contributed by atoms with van der Waals surface area (Å²) in [5.74, 6) is 0.342. The third-order valence-corrected chi connectivity index (χ3v) is 6.46. The highest BCUT2D eigenvalue weighted by Gasteiger charge is 2.28. The quantitative estimate of drug-likeness (QED) is 0.638. The summed E-state index contributed by atoms with van der Waals surface area (Å²) in [6.45, 7) is 10.7. The summed E-state index contributed by atoms with van der Waals surface area (Å²) in [5, 5.41) is 13.0. The van der Waals surface area contributed by atoms with Gasteiger partial charge in [0.2, 0.25) is 10.0 Å². The first-order valence-corrected chi connectivity index (χ1v) is 10.7. The Balaban J connectivity index is 2.15. The van der Waals surface area contributed by atoms with Crippen LogP contribution in [0.15, 0.2) is 17.0 Å². The lowest BCUT2D eigenvalue weighted by atomic mass is 10.0. The maximum absolute atomic E-state index is 13.0. The van der Waals surface area contributed by atoms with Gasteiger partial charge in [0.1, 0.15) is 0 Å². The third kappa shape index (κ3) is 5.50. The molecule has 0 bridgehead atoms. The van der Waals surface area contributed by atoms with Crippen molar-refractivity contribution in [3.05, 3.63) is 28.8 Å². The fourth-order valence-corrected chi connectivity index (χ4v) is 5.38. The summed E-state index contributed by atoms with van der Waals surface area (Å²) >= 11 is 0. The first kappa shape index (κ1) is 21.3. The van der Waals surface area contributed by atoms with Crippen molar-refractivity contribution in [3.8, 4) is 0 Å². The fourth-order valence-electron chi connectivity index (χ4n) is 3.68. The Kier molecular flexibility index (Phi) is 7.21. The Morgan fingerprint density at radius 3 is 2.35 bits per heavy atom. The second-order valence-electron chi connectivity index (χ2n) is 7.74. The number of aliphatic hydroxyl groups is 1. The average Bonchev–Trinajstić information content (AvgIpc) is 2.87. The van der Waals surface area contributed by atoms with Crippen molar-refractivity contribution in [3.63, 3.8) is 0 Å². The van der Waals surface area contributed by atoms with Gasteiger partial charge >= 0.3 is 0 Å². The topological polar surface area (TPSA) is 87.7 Å². The lowest BCUT2D eigenvalue weighted by Gasteiger charge is -2.24. The van der Waals surface area contributed by atoms with E-state index in [4.69, 9.17) is 4.74 Å². The summed E-state index contributed by atoms with van der Waals surface area (Å²) in [7, 11) is -3.63. The van der Waals surface area contributed by atoms with Crippen molar-refractivity contribution < 1.29 is 18.3 Å². The lowest BCUT2D eigenvalue weighted by Crippen LogP contribution is -2.47. The van der Waals surface area contributed by atoms with Gasteiger partial charge in [0.15, 0.2) is 6.29 Å². The number of rotatable bonds is 8. The zero-order chi connectivity index (χ0) is 19.5. The highest BCUT2D eigenvalue weighted by molar-refractivity contribution is 7.89. The molecule has 1 heterocycles. The summed E-state index contributed by atoms with van der Waals surface area (Å²) in [6.07, 6.45) is 0.603. The number of ether oxygens (including phenoxy) is 1. The number of aliphatic hydroxyl groups excluding tert-OH is 1. The Morgan fingerprint density at radius 1 is 1.23 bits per heavy atom. The number of hydrogen-bond acceptors (Lipinski definition) is 5. The lowest BCUT2D eigenvalue weighted by molar-refractivity contribution is -0.0718. The molecule has 3 atom stereocenters. The molecular weight excluding hydrogens is 352 g/mol. The molecular formula is C19H32N2O4S. The SMILES string of the molecule is Cc1cc(C)c(S(=O)(=O)N[C@@H](CN[C@H]2CCOC2O)CC(C)C)c(C)c1. The van der Waals surface area contributed by atoms with Crippen LogP contribution in [0, 0.1) is 26.7 Å². The molecule has 1 aliphatic rings. The van der Waals surface area contributed by atoms with Gasteiger partial charge in [0, 0.05) is 12.6 Å². The van der Waals surface area contributed by atoms with Crippen LogP contribution in [0.25, 0.3) is 0 Å². The van der Waals surface area contributed by atoms with Gasteiger partial charge in [0.25, 0.3) is 0 Å². The van der Waals surface area contributed by atoms with Crippen molar-refractivity contribution in [2.45, 2.75) is 70.7 Å². The zero-order valence-corrected chi connectivity index (χ0v) is 17.2. The standard InChI is InChI=1S/C19H32N2O4S/c1-12(2)8-16(11-20-17-6-7-25-19(17)22)21-26(23,24)18-14(4)9-13(3)10-15(18)5/h9-10,12,16-17,19-22H,6-8,11H2,1-5H3/t16-,17+,19?/m1/s1. The van der Waals surface area contributed by atoms with Gasteiger partial charge in [-0.3, -0.25) is 0 Å². The minimum absolute atomic E-state index is 0.156. The van der Waals surface area contributed by atoms with Gasteiger partial charge in [0.05, 0.1) is 17.5 Å². The van der Waals surface area contributed by atoms with E-state index >= 15 is 0 Å². The summed E-state index contributed by atoms with van der Waals surface area (Å²) in [5.41, 5.74) is 2.56. The van der Waals surface area contributed by atoms with Gasteiger partial charge in [-0.1, -0.05) is 31.5 Å². The number of aryl methyl sites for hydroxylation is 3. The van der Waals surface area contributed by atoms with Crippen molar-refractivity contribution in [2.75, 3.05) is 13.2 Å². The van der Waals surface area contributed by atoms with Crippen molar-refractivity contribution in [1.29, 1.82) is 0 Å².